The van der Waals surface area contributed by atoms with E-state index in [1.807, 2.05) is 0 Å². The Morgan fingerprint density at radius 2 is 2.00 bits per heavy atom. The van der Waals surface area contributed by atoms with E-state index >= 15 is 0 Å². The minimum Gasteiger partial charge on any atom is -0.378 e. The monoisotopic (exact) mass is 254 g/mol. The molecule has 3 heteroatoms. The number of hydrogen-bond acceptors (Lipinski definition) is 3. The summed E-state index contributed by atoms with van der Waals surface area (Å²) in [7, 11) is 2.19. The van der Waals surface area contributed by atoms with Gasteiger partial charge in [-0.05, 0) is 39.8 Å². The number of likely N-dealkylation sites (N-methyl/N-ethyl adjacent to an activating group) is 1. The maximum Gasteiger partial charge on any atom is 0.0661 e. The summed E-state index contributed by atoms with van der Waals surface area (Å²) >= 11 is 0. The predicted molar refractivity (Wildman–Crippen MR) is 75.9 cm³/mol. The first kappa shape index (κ1) is 14.3. The zero-order chi connectivity index (χ0) is 13.0. The van der Waals surface area contributed by atoms with Crippen LogP contribution in [0.2, 0.25) is 0 Å². The second-order valence-electron chi connectivity index (χ2n) is 6.02. The molecule has 0 aliphatic heterocycles. The molecule has 2 atom stereocenters. The molecule has 2 rings (SSSR count). The van der Waals surface area contributed by atoms with Crippen LogP contribution >= 0.6 is 0 Å². The van der Waals surface area contributed by atoms with Crippen molar-refractivity contribution in [2.45, 2.75) is 58.1 Å². The van der Waals surface area contributed by atoms with Crippen LogP contribution in [0.25, 0.3) is 0 Å². The fourth-order valence-electron chi connectivity index (χ4n) is 3.76. The van der Waals surface area contributed by atoms with Gasteiger partial charge in [-0.2, -0.15) is 0 Å². The van der Waals surface area contributed by atoms with Gasteiger partial charge in [0.25, 0.3) is 0 Å². The fraction of sp³-hybridized carbons (Fsp3) is 1.00. The van der Waals surface area contributed by atoms with Gasteiger partial charge in [0.15, 0.2) is 0 Å². The van der Waals surface area contributed by atoms with Gasteiger partial charge in [0.05, 0.1) is 6.10 Å². The van der Waals surface area contributed by atoms with Gasteiger partial charge < -0.3 is 15.0 Å². The Balaban J connectivity index is 1.79. The van der Waals surface area contributed by atoms with E-state index in [0.29, 0.717) is 17.6 Å². The van der Waals surface area contributed by atoms with Crippen molar-refractivity contribution in [3.8, 4) is 0 Å². The zero-order valence-electron chi connectivity index (χ0n) is 12.4. The molecule has 0 aromatic rings. The van der Waals surface area contributed by atoms with Crippen molar-refractivity contribution in [1.82, 2.24) is 10.2 Å². The van der Waals surface area contributed by atoms with Crippen LogP contribution in [-0.4, -0.2) is 50.3 Å². The topological polar surface area (TPSA) is 24.5 Å². The molecule has 2 aliphatic carbocycles. The van der Waals surface area contributed by atoms with Crippen molar-refractivity contribution in [1.29, 1.82) is 0 Å². The molecule has 2 fully saturated rings. The molecule has 18 heavy (non-hydrogen) atoms. The molecule has 0 bridgehead atoms. The SMILES string of the molecule is CCOC1CC(NCCN(C)CC)C12CCCC2. The summed E-state index contributed by atoms with van der Waals surface area (Å²) in [6.45, 7) is 8.63. The lowest BCUT2D eigenvalue weighted by atomic mass is 9.60. The van der Waals surface area contributed by atoms with Crippen molar-refractivity contribution in [3.63, 3.8) is 0 Å². The van der Waals surface area contributed by atoms with E-state index in [9.17, 15) is 0 Å². The average Bonchev–Trinajstić information content (AvgIpc) is 2.88. The summed E-state index contributed by atoms with van der Waals surface area (Å²) < 4.78 is 5.94. The second kappa shape index (κ2) is 6.36. The number of nitrogens with one attached hydrogen (secondary N) is 1. The molecule has 0 amide bonds. The third-order valence-electron chi connectivity index (χ3n) is 5.11. The molecular formula is C15H30N2O. The summed E-state index contributed by atoms with van der Waals surface area (Å²) in [5, 5.41) is 3.78. The Hall–Kier alpha value is -0.120. The van der Waals surface area contributed by atoms with Crippen molar-refractivity contribution >= 4 is 0 Å². The van der Waals surface area contributed by atoms with Gasteiger partial charge in [-0.25, -0.2) is 0 Å². The zero-order valence-corrected chi connectivity index (χ0v) is 12.4. The molecule has 2 saturated carbocycles. The van der Waals surface area contributed by atoms with Crippen LogP contribution in [0.3, 0.4) is 0 Å². The van der Waals surface area contributed by atoms with Crippen molar-refractivity contribution < 1.29 is 4.74 Å². The Kier molecular flexibility index (Phi) is 5.05. The minimum atomic E-state index is 0.487. The molecule has 106 valence electrons. The summed E-state index contributed by atoms with van der Waals surface area (Å²) in [5.74, 6) is 0. The lowest BCUT2D eigenvalue weighted by Gasteiger charge is -2.54. The molecule has 2 aliphatic rings. The van der Waals surface area contributed by atoms with Crippen molar-refractivity contribution in [2.24, 2.45) is 5.41 Å². The van der Waals surface area contributed by atoms with Gasteiger partial charge in [0.1, 0.15) is 0 Å². The standard InChI is InChI=1S/C15H30N2O/c1-4-17(3)11-10-16-13-12-14(18-5-2)15(13)8-6-7-9-15/h13-14,16H,4-12H2,1-3H3. The van der Waals surface area contributed by atoms with E-state index < -0.39 is 0 Å². The highest BCUT2D eigenvalue weighted by Gasteiger charge is 2.56. The van der Waals surface area contributed by atoms with Crippen LogP contribution in [0.5, 0.6) is 0 Å². The maximum absolute atomic E-state index is 5.94. The molecule has 0 heterocycles. The predicted octanol–water partition coefficient (Wildman–Crippen LogP) is 2.27. The molecule has 0 saturated heterocycles. The molecule has 0 radical (unpaired) electrons. The summed E-state index contributed by atoms with van der Waals surface area (Å²) in [6.07, 6.45) is 7.31. The smallest absolute Gasteiger partial charge is 0.0661 e. The molecule has 1 N–H and O–H groups in total. The Morgan fingerprint density at radius 3 is 2.61 bits per heavy atom. The minimum absolute atomic E-state index is 0.487. The Bertz CT molecular complexity index is 251. The number of nitrogens with zero attached hydrogens (tertiary/aromatic N) is 1. The molecule has 0 aromatic carbocycles. The molecule has 1 spiro atoms. The Morgan fingerprint density at radius 1 is 1.28 bits per heavy atom. The molecule has 3 nitrogen and oxygen atoms in total. The largest absolute Gasteiger partial charge is 0.378 e. The van der Waals surface area contributed by atoms with E-state index in [4.69, 9.17) is 4.74 Å². The lowest BCUT2D eigenvalue weighted by Crippen LogP contribution is -2.63. The third kappa shape index (κ3) is 2.73. The van der Waals surface area contributed by atoms with Crippen LogP contribution in [-0.2, 0) is 4.74 Å². The highest BCUT2D eigenvalue weighted by molar-refractivity contribution is 5.09. The van der Waals surface area contributed by atoms with Crippen LogP contribution < -0.4 is 5.32 Å². The van der Waals surface area contributed by atoms with Gasteiger partial charge in [0, 0.05) is 31.2 Å². The first-order chi connectivity index (χ1) is 8.73. The molecule has 0 aromatic heterocycles. The molecular weight excluding hydrogens is 224 g/mol. The Labute approximate surface area is 112 Å². The highest BCUT2D eigenvalue weighted by Crippen LogP contribution is 2.54. The number of rotatable bonds is 7. The first-order valence-corrected chi connectivity index (χ1v) is 7.76. The van der Waals surface area contributed by atoms with Gasteiger partial charge in [0.2, 0.25) is 0 Å². The van der Waals surface area contributed by atoms with Crippen LogP contribution in [0.4, 0.5) is 0 Å². The molecule has 2 unspecified atom stereocenters. The maximum atomic E-state index is 5.94. The summed E-state index contributed by atoms with van der Waals surface area (Å²) in [5.41, 5.74) is 0.487. The van der Waals surface area contributed by atoms with Gasteiger partial charge >= 0.3 is 0 Å². The van der Waals surface area contributed by atoms with Crippen LogP contribution in [0, 0.1) is 5.41 Å². The number of hydrogen-bond donors (Lipinski definition) is 1. The first-order valence-electron chi connectivity index (χ1n) is 7.76. The third-order valence-corrected chi connectivity index (χ3v) is 5.11. The number of ether oxygens (including phenoxy) is 1. The van der Waals surface area contributed by atoms with E-state index in [-0.39, 0.29) is 0 Å². The second-order valence-corrected chi connectivity index (χ2v) is 6.02. The normalized spacial score (nSPS) is 30.0. The quantitative estimate of drug-likeness (QED) is 0.754. The van der Waals surface area contributed by atoms with Crippen LogP contribution in [0.1, 0.15) is 46.0 Å². The van der Waals surface area contributed by atoms with E-state index in [0.717, 1.165) is 26.2 Å². The fourth-order valence-corrected chi connectivity index (χ4v) is 3.76. The van der Waals surface area contributed by atoms with E-state index in [1.54, 1.807) is 0 Å². The van der Waals surface area contributed by atoms with Gasteiger partial charge in [-0.15, -0.1) is 0 Å². The summed E-state index contributed by atoms with van der Waals surface area (Å²) in [4.78, 5) is 2.37. The summed E-state index contributed by atoms with van der Waals surface area (Å²) in [6, 6.07) is 0.710. The van der Waals surface area contributed by atoms with E-state index in [2.05, 4.69) is 31.1 Å². The van der Waals surface area contributed by atoms with Crippen molar-refractivity contribution in [2.75, 3.05) is 33.3 Å². The lowest BCUT2D eigenvalue weighted by molar-refractivity contribution is -0.130. The highest BCUT2D eigenvalue weighted by atomic mass is 16.5. The van der Waals surface area contributed by atoms with Crippen molar-refractivity contribution in [3.05, 3.63) is 0 Å². The van der Waals surface area contributed by atoms with Crippen LogP contribution in [0.15, 0.2) is 0 Å². The van der Waals surface area contributed by atoms with Gasteiger partial charge in [-0.1, -0.05) is 19.8 Å². The van der Waals surface area contributed by atoms with E-state index in [1.165, 1.54) is 32.1 Å². The van der Waals surface area contributed by atoms with Gasteiger partial charge in [-0.3, -0.25) is 0 Å². The average molecular weight is 254 g/mol.